The maximum Gasteiger partial charge on any atom is 0.0771 e. The summed E-state index contributed by atoms with van der Waals surface area (Å²) in [7, 11) is 0. The lowest BCUT2D eigenvalue weighted by molar-refractivity contribution is 0.0256. The molecule has 0 aromatic heterocycles. The smallest absolute Gasteiger partial charge is 0.0771 e. The second-order valence-electron chi connectivity index (χ2n) is 5.69. The lowest BCUT2D eigenvalue weighted by atomic mass is 9.94. The molecule has 1 aliphatic rings. The maximum atomic E-state index is 10.5. The molecule has 0 unspecified atom stereocenters. The Morgan fingerprint density at radius 1 is 1.05 bits per heavy atom. The summed E-state index contributed by atoms with van der Waals surface area (Å²) in [6, 6.07) is 7.97. The second kappa shape index (κ2) is 7.28. The average Bonchev–Trinajstić information content (AvgIpc) is 2.62. The Hall–Kier alpha value is -0.570. The van der Waals surface area contributed by atoms with Crippen LogP contribution in [0.15, 0.2) is 24.3 Å². The van der Waals surface area contributed by atoms with Crippen LogP contribution in [-0.2, 0) is 6.42 Å². The van der Waals surface area contributed by atoms with Crippen LogP contribution >= 0.6 is 11.6 Å². The lowest BCUT2D eigenvalue weighted by Gasteiger charge is -2.27. The zero-order valence-corrected chi connectivity index (χ0v) is 12.3. The molecular formula is C16H24ClNO. The van der Waals surface area contributed by atoms with Gasteiger partial charge in [0.1, 0.15) is 0 Å². The van der Waals surface area contributed by atoms with E-state index in [0.717, 1.165) is 50.2 Å². The molecule has 3 heteroatoms. The van der Waals surface area contributed by atoms with E-state index in [4.69, 9.17) is 11.6 Å². The van der Waals surface area contributed by atoms with Gasteiger partial charge in [0.25, 0.3) is 0 Å². The number of hydrogen-bond acceptors (Lipinski definition) is 2. The van der Waals surface area contributed by atoms with Crippen molar-refractivity contribution in [1.29, 1.82) is 0 Å². The van der Waals surface area contributed by atoms with Crippen molar-refractivity contribution in [3.63, 3.8) is 0 Å². The number of halogens is 1. The predicted molar refractivity (Wildman–Crippen MR) is 80.7 cm³/mol. The molecule has 2 nitrogen and oxygen atoms in total. The predicted octanol–water partition coefficient (Wildman–Crippen LogP) is 3.56. The standard InChI is InChI=1S/C16H24ClNO/c17-15-7-5-14(6-8-15)9-12-18-13-16(19)10-3-1-2-4-11-16/h5-8,18-19H,1-4,9-13H2. The zero-order chi connectivity index (χ0) is 13.6. The highest BCUT2D eigenvalue weighted by molar-refractivity contribution is 6.30. The van der Waals surface area contributed by atoms with Gasteiger partial charge in [0.15, 0.2) is 0 Å². The Kier molecular flexibility index (Phi) is 5.68. The zero-order valence-electron chi connectivity index (χ0n) is 11.5. The minimum Gasteiger partial charge on any atom is -0.389 e. The summed E-state index contributed by atoms with van der Waals surface area (Å²) in [6.45, 7) is 1.63. The largest absolute Gasteiger partial charge is 0.389 e. The normalized spacial score (nSPS) is 19.1. The van der Waals surface area contributed by atoms with Crippen molar-refractivity contribution >= 4 is 11.6 Å². The number of benzene rings is 1. The number of aliphatic hydroxyl groups is 1. The van der Waals surface area contributed by atoms with Crippen molar-refractivity contribution in [3.05, 3.63) is 34.9 Å². The topological polar surface area (TPSA) is 32.3 Å². The molecule has 1 aromatic carbocycles. The molecule has 0 radical (unpaired) electrons. The molecule has 1 aromatic rings. The third-order valence-electron chi connectivity index (χ3n) is 3.99. The molecule has 0 spiro atoms. The minimum atomic E-state index is -0.476. The summed E-state index contributed by atoms with van der Waals surface area (Å²) in [5.74, 6) is 0. The van der Waals surface area contributed by atoms with Crippen molar-refractivity contribution in [2.45, 2.75) is 50.5 Å². The Balaban J connectivity index is 1.69. The van der Waals surface area contributed by atoms with Crippen LogP contribution in [0.1, 0.15) is 44.1 Å². The monoisotopic (exact) mass is 281 g/mol. The van der Waals surface area contributed by atoms with Gasteiger partial charge in [-0.15, -0.1) is 0 Å². The van der Waals surface area contributed by atoms with Gasteiger partial charge in [-0.3, -0.25) is 0 Å². The van der Waals surface area contributed by atoms with Crippen LogP contribution in [0.2, 0.25) is 5.02 Å². The van der Waals surface area contributed by atoms with Crippen LogP contribution in [0, 0.1) is 0 Å². The van der Waals surface area contributed by atoms with E-state index in [1.807, 2.05) is 12.1 Å². The first kappa shape index (κ1) is 14.8. The van der Waals surface area contributed by atoms with Crippen LogP contribution in [0.5, 0.6) is 0 Å². The Morgan fingerprint density at radius 3 is 2.32 bits per heavy atom. The summed E-state index contributed by atoms with van der Waals surface area (Å²) < 4.78 is 0. The minimum absolute atomic E-state index is 0.476. The molecule has 2 N–H and O–H groups in total. The summed E-state index contributed by atoms with van der Waals surface area (Å²) >= 11 is 5.86. The van der Waals surface area contributed by atoms with Crippen molar-refractivity contribution in [1.82, 2.24) is 5.32 Å². The molecule has 2 rings (SSSR count). The van der Waals surface area contributed by atoms with Gasteiger partial charge in [-0.05, 0) is 43.5 Å². The molecule has 0 aliphatic heterocycles. The van der Waals surface area contributed by atoms with Crippen LogP contribution < -0.4 is 5.32 Å². The highest BCUT2D eigenvalue weighted by Crippen LogP contribution is 2.26. The first-order chi connectivity index (χ1) is 9.18. The molecular weight excluding hydrogens is 258 g/mol. The third-order valence-corrected chi connectivity index (χ3v) is 4.24. The first-order valence-electron chi connectivity index (χ1n) is 7.36. The maximum absolute atomic E-state index is 10.5. The Labute approximate surface area is 121 Å². The Morgan fingerprint density at radius 2 is 1.68 bits per heavy atom. The highest BCUT2D eigenvalue weighted by atomic mass is 35.5. The summed E-state index contributed by atoms with van der Waals surface area (Å²) in [5.41, 5.74) is 0.806. The van der Waals surface area contributed by atoms with E-state index in [9.17, 15) is 5.11 Å². The van der Waals surface area contributed by atoms with Crippen molar-refractivity contribution in [2.75, 3.05) is 13.1 Å². The fraction of sp³-hybridized carbons (Fsp3) is 0.625. The van der Waals surface area contributed by atoms with Crippen LogP contribution in [-0.4, -0.2) is 23.8 Å². The van der Waals surface area contributed by atoms with Gasteiger partial charge in [-0.2, -0.15) is 0 Å². The summed E-state index contributed by atoms with van der Waals surface area (Å²) in [4.78, 5) is 0. The van der Waals surface area contributed by atoms with Gasteiger partial charge < -0.3 is 10.4 Å². The van der Waals surface area contributed by atoms with Gasteiger partial charge in [0.2, 0.25) is 0 Å². The quantitative estimate of drug-likeness (QED) is 0.639. The highest BCUT2D eigenvalue weighted by Gasteiger charge is 2.27. The molecule has 0 bridgehead atoms. The van der Waals surface area contributed by atoms with E-state index < -0.39 is 5.60 Å². The molecule has 0 heterocycles. The van der Waals surface area contributed by atoms with E-state index >= 15 is 0 Å². The molecule has 106 valence electrons. The lowest BCUT2D eigenvalue weighted by Crippen LogP contribution is -2.40. The molecule has 0 amide bonds. The van der Waals surface area contributed by atoms with E-state index in [1.165, 1.54) is 18.4 Å². The number of nitrogens with one attached hydrogen (secondary N) is 1. The van der Waals surface area contributed by atoms with Gasteiger partial charge in [-0.1, -0.05) is 49.4 Å². The molecule has 0 atom stereocenters. The number of hydrogen-bond donors (Lipinski definition) is 2. The SMILES string of the molecule is OC1(CNCCc2ccc(Cl)cc2)CCCCCC1. The average molecular weight is 282 g/mol. The first-order valence-corrected chi connectivity index (χ1v) is 7.73. The molecule has 1 aliphatic carbocycles. The van der Waals surface area contributed by atoms with E-state index in [0.29, 0.717) is 0 Å². The van der Waals surface area contributed by atoms with Gasteiger partial charge >= 0.3 is 0 Å². The van der Waals surface area contributed by atoms with Crippen molar-refractivity contribution < 1.29 is 5.11 Å². The molecule has 0 saturated heterocycles. The van der Waals surface area contributed by atoms with Gasteiger partial charge in [0, 0.05) is 11.6 Å². The van der Waals surface area contributed by atoms with Crippen molar-refractivity contribution in [3.8, 4) is 0 Å². The summed E-state index contributed by atoms with van der Waals surface area (Å²) in [6.07, 6.45) is 7.74. The Bertz CT molecular complexity index is 369. The fourth-order valence-corrected chi connectivity index (χ4v) is 2.89. The summed E-state index contributed by atoms with van der Waals surface area (Å²) in [5, 5.41) is 14.7. The van der Waals surface area contributed by atoms with Crippen LogP contribution in [0.3, 0.4) is 0 Å². The van der Waals surface area contributed by atoms with Gasteiger partial charge in [-0.25, -0.2) is 0 Å². The van der Waals surface area contributed by atoms with Crippen LogP contribution in [0.4, 0.5) is 0 Å². The second-order valence-corrected chi connectivity index (χ2v) is 6.13. The van der Waals surface area contributed by atoms with E-state index in [1.54, 1.807) is 0 Å². The fourth-order valence-electron chi connectivity index (χ4n) is 2.77. The molecule has 19 heavy (non-hydrogen) atoms. The molecule has 1 fully saturated rings. The number of rotatable bonds is 5. The van der Waals surface area contributed by atoms with Crippen molar-refractivity contribution in [2.24, 2.45) is 0 Å². The van der Waals surface area contributed by atoms with Gasteiger partial charge in [0.05, 0.1) is 5.60 Å². The van der Waals surface area contributed by atoms with Crippen LogP contribution in [0.25, 0.3) is 0 Å². The third kappa shape index (κ3) is 5.13. The van der Waals surface area contributed by atoms with E-state index in [2.05, 4.69) is 17.4 Å². The van der Waals surface area contributed by atoms with E-state index in [-0.39, 0.29) is 0 Å². The molecule has 1 saturated carbocycles.